The third-order valence-electron chi connectivity index (χ3n) is 5.54. The number of carbonyl (C=O) groups excluding carboxylic acids is 2. The monoisotopic (exact) mass is 435 g/mol. The second-order valence-electron chi connectivity index (χ2n) is 7.52. The predicted molar refractivity (Wildman–Crippen MR) is 112 cm³/mol. The molecule has 5 rings (SSSR count). The number of ether oxygens (including phenoxy) is 2. The summed E-state index contributed by atoms with van der Waals surface area (Å²) in [6, 6.07) is 7.47. The first-order valence-electron chi connectivity index (χ1n) is 10.3. The van der Waals surface area contributed by atoms with E-state index in [1.165, 1.54) is 11.2 Å². The van der Waals surface area contributed by atoms with Crippen LogP contribution in [0.15, 0.2) is 65.3 Å². The molecule has 0 saturated carbocycles. The molecule has 1 unspecified atom stereocenters. The van der Waals surface area contributed by atoms with E-state index in [2.05, 4.69) is 4.98 Å². The molecule has 0 spiro atoms. The maximum Gasteiger partial charge on any atom is 0.295 e. The van der Waals surface area contributed by atoms with E-state index >= 15 is 0 Å². The van der Waals surface area contributed by atoms with E-state index in [1.54, 1.807) is 42.9 Å². The van der Waals surface area contributed by atoms with E-state index in [0.717, 1.165) is 0 Å². The van der Waals surface area contributed by atoms with Gasteiger partial charge in [0.25, 0.3) is 11.7 Å². The van der Waals surface area contributed by atoms with Crippen LogP contribution in [-0.2, 0) is 16.1 Å². The van der Waals surface area contributed by atoms with Gasteiger partial charge in [0, 0.05) is 31.0 Å². The highest BCUT2D eigenvalue weighted by Gasteiger charge is 2.47. The number of imidazole rings is 1. The number of aryl methyl sites for hydroxylation is 1. The highest BCUT2D eigenvalue weighted by molar-refractivity contribution is 6.46. The average molecular weight is 435 g/mol. The van der Waals surface area contributed by atoms with Crippen molar-refractivity contribution in [3.8, 4) is 11.5 Å². The lowest BCUT2D eigenvalue weighted by molar-refractivity contribution is -0.140. The van der Waals surface area contributed by atoms with Gasteiger partial charge >= 0.3 is 0 Å². The molecule has 2 aliphatic rings. The van der Waals surface area contributed by atoms with Gasteiger partial charge in [0.15, 0.2) is 11.5 Å². The first-order chi connectivity index (χ1) is 15.6. The normalized spacial score (nSPS) is 19.5. The second kappa shape index (κ2) is 8.26. The minimum Gasteiger partial charge on any atom is -0.507 e. The van der Waals surface area contributed by atoms with E-state index in [-0.39, 0.29) is 11.3 Å². The highest BCUT2D eigenvalue weighted by atomic mass is 16.6. The van der Waals surface area contributed by atoms with Crippen LogP contribution in [0.25, 0.3) is 5.76 Å². The fourth-order valence-electron chi connectivity index (χ4n) is 4.04. The molecular formula is C23H21N3O6. The van der Waals surface area contributed by atoms with Crippen LogP contribution in [0.1, 0.15) is 23.8 Å². The van der Waals surface area contributed by atoms with Gasteiger partial charge in [-0.05, 0) is 36.8 Å². The molecular weight excluding hydrogens is 414 g/mol. The molecule has 1 amide bonds. The zero-order valence-electron chi connectivity index (χ0n) is 17.1. The first kappa shape index (κ1) is 19.9. The third kappa shape index (κ3) is 3.51. The molecule has 1 atom stereocenters. The van der Waals surface area contributed by atoms with Crippen molar-refractivity contribution in [3.05, 3.63) is 72.2 Å². The van der Waals surface area contributed by atoms with Crippen LogP contribution < -0.4 is 9.47 Å². The second-order valence-corrected chi connectivity index (χ2v) is 7.52. The number of aliphatic hydroxyl groups is 1. The number of ketones is 1. The highest BCUT2D eigenvalue weighted by Crippen LogP contribution is 2.41. The van der Waals surface area contributed by atoms with Crippen molar-refractivity contribution in [2.75, 3.05) is 19.8 Å². The molecule has 2 aromatic heterocycles. The lowest BCUT2D eigenvalue weighted by atomic mass is 9.99. The van der Waals surface area contributed by atoms with Crippen LogP contribution in [0.3, 0.4) is 0 Å². The Morgan fingerprint density at radius 3 is 2.72 bits per heavy atom. The zero-order chi connectivity index (χ0) is 22.1. The van der Waals surface area contributed by atoms with E-state index in [9.17, 15) is 14.7 Å². The third-order valence-corrected chi connectivity index (χ3v) is 5.54. The van der Waals surface area contributed by atoms with Crippen LogP contribution in [-0.4, -0.2) is 51.0 Å². The van der Waals surface area contributed by atoms with Crippen molar-refractivity contribution in [1.29, 1.82) is 0 Å². The Hall–Kier alpha value is -4.01. The Bertz CT molecular complexity index is 1170. The summed E-state index contributed by atoms with van der Waals surface area (Å²) in [4.78, 5) is 31.4. The molecule has 4 heterocycles. The molecule has 0 bridgehead atoms. The predicted octanol–water partition coefficient (Wildman–Crippen LogP) is 2.76. The van der Waals surface area contributed by atoms with Crippen LogP contribution in [0.2, 0.25) is 0 Å². The molecule has 9 heteroatoms. The quantitative estimate of drug-likeness (QED) is 0.360. The van der Waals surface area contributed by atoms with Gasteiger partial charge in [0.1, 0.15) is 30.8 Å². The maximum absolute atomic E-state index is 13.0. The van der Waals surface area contributed by atoms with Crippen LogP contribution in [0, 0.1) is 0 Å². The average Bonchev–Trinajstić information content (AvgIpc) is 3.57. The molecule has 1 fully saturated rings. The van der Waals surface area contributed by atoms with E-state index in [1.807, 2.05) is 10.8 Å². The van der Waals surface area contributed by atoms with Gasteiger partial charge < -0.3 is 28.5 Å². The SMILES string of the molecule is O=C1C(=O)N(CCCn2ccnc2)C(c2ccco2)C1=C(O)c1ccc2c(c1)OCCO2. The summed E-state index contributed by atoms with van der Waals surface area (Å²) in [5.74, 6) is -0.248. The van der Waals surface area contributed by atoms with E-state index in [4.69, 9.17) is 13.9 Å². The number of hydrogen-bond acceptors (Lipinski definition) is 7. The van der Waals surface area contributed by atoms with E-state index in [0.29, 0.717) is 55.5 Å². The standard InChI is InChI=1S/C23H21N3O6/c27-21(15-4-5-16-18(13-15)32-12-11-31-16)19-20(17-3-1-10-30-17)26(23(29)22(19)28)8-2-7-25-9-6-24-14-25/h1,3-6,9-10,13-14,20,27H,2,7-8,11-12H2. The van der Waals surface area contributed by atoms with Crippen LogP contribution in [0.5, 0.6) is 11.5 Å². The van der Waals surface area contributed by atoms with Gasteiger partial charge in [-0.15, -0.1) is 0 Å². The molecule has 32 heavy (non-hydrogen) atoms. The lowest BCUT2D eigenvalue weighted by Gasteiger charge is -2.23. The topological polar surface area (TPSA) is 107 Å². The number of rotatable bonds is 6. The molecule has 9 nitrogen and oxygen atoms in total. The van der Waals surface area contributed by atoms with Gasteiger partial charge in [0.05, 0.1) is 18.2 Å². The molecule has 3 aromatic rings. The summed E-state index contributed by atoms with van der Waals surface area (Å²) >= 11 is 0. The number of carbonyl (C=O) groups is 2. The molecule has 1 saturated heterocycles. The van der Waals surface area contributed by atoms with Crippen molar-refractivity contribution in [1.82, 2.24) is 14.5 Å². The zero-order valence-corrected chi connectivity index (χ0v) is 17.1. The summed E-state index contributed by atoms with van der Waals surface area (Å²) in [7, 11) is 0. The Labute approximate surface area is 183 Å². The summed E-state index contributed by atoms with van der Waals surface area (Å²) in [6.07, 6.45) is 7.29. The number of hydrogen-bond donors (Lipinski definition) is 1. The van der Waals surface area contributed by atoms with Crippen molar-refractivity contribution in [2.24, 2.45) is 0 Å². The smallest absolute Gasteiger partial charge is 0.295 e. The molecule has 0 radical (unpaired) electrons. The molecule has 1 aromatic carbocycles. The summed E-state index contributed by atoms with van der Waals surface area (Å²) < 4.78 is 18.6. The number of aliphatic hydroxyl groups excluding tert-OH is 1. The fourth-order valence-corrected chi connectivity index (χ4v) is 4.04. The Kier molecular flexibility index (Phi) is 5.14. The summed E-state index contributed by atoms with van der Waals surface area (Å²) in [5.41, 5.74) is 0.353. The van der Waals surface area contributed by atoms with Crippen molar-refractivity contribution in [2.45, 2.75) is 19.0 Å². The minimum atomic E-state index is -0.819. The Morgan fingerprint density at radius 2 is 1.97 bits per heavy atom. The number of nitrogens with zero attached hydrogens (tertiary/aromatic N) is 3. The molecule has 1 N–H and O–H groups in total. The van der Waals surface area contributed by atoms with Gasteiger partial charge in [-0.3, -0.25) is 9.59 Å². The number of benzene rings is 1. The minimum absolute atomic E-state index is 0.00995. The van der Waals surface area contributed by atoms with E-state index < -0.39 is 17.7 Å². The number of Topliss-reactive ketones (excluding diaryl/α,β-unsaturated/α-hetero) is 1. The number of aromatic nitrogens is 2. The number of furan rings is 1. The largest absolute Gasteiger partial charge is 0.507 e. The fraction of sp³-hybridized carbons (Fsp3) is 0.261. The summed E-state index contributed by atoms with van der Waals surface area (Å²) in [5, 5.41) is 11.1. The van der Waals surface area contributed by atoms with Crippen molar-refractivity contribution in [3.63, 3.8) is 0 Å². The Balaban J connectivity index is 1.49. The van der Waals surface area contributed by atoms with Crippen LogP contribution >= 0.6 is 0 Å². The Morgan fingerprint density at radius 1 is 1.12 bits per heavy atom. The summed E-state index contributed by atoms with van der Waals surface area (Å²) in [6.45, 7) is 1.79. The van der Waals surface area contributed by atoms with Crippen molar-refractivity contribution >= 4 is 17.4 Å². The van der Waals surface area contributed by atoms with Gasteiger partial charge in [-0.2, -0.15) is 0 Å². The van der Waals surface area contributed by atoms with Crippen LogP contribution in [0.4, 0.5) is 0 Å². The number of amides is 1. The molecule has 0 aliphatic carbocycles. The number of likely N-dealkylation sites (tertiary alicyclic amines) is 1. The molecule has 164 valence electrons. The van der Waals surface area contributed by atoms with Gasteiger partial charge in [-0.1, -0.05) is 0 Å². The lowest BCUT2D eigenvalue weighted by Crippen LogP contribution is -2.31. The molecule has 2 aliphatic heterocycles. The van der Waals surface area contributed by atoms with Gasteiger partial charge in [0.2, 0.25) is 0 Å². The van der Waals surface area contributed by atoms with Gasteiger partial charge in [-0.25, -0.2) is 4.98 Å². The first-order valence-corrected chi connectivity index (χ1v) is 10.3. The maximum atomic E-state index is 13.0. The number of fused-ring (bicyclic) bond motifs is 1. The van der Waals surface area contributed by atoms with Crippen molar-refractivity contribution < 1.29 is 28.6 Å².